The van der Waals surface area contributed by atoms with Crippen LogP contribution in [0.25, 0.3) is 0 Å². The summed E-state index contributed by atoms with van der Waals surface area (Å²) in [5.74, 6) is 0.668. The maximum atomic E-state index is 13.2. The number of ether oxygens (including phenoxy) is 1. The topological polar surface area (TPSA) is 50.1 Å². The Bertz CT molecular complexity index is 775. The van der Waals surface area contributed by atoms with Crippen molar-refractivity contribution in [3.05, 3.63) is 29.3 Å². The van der Waals surface area contributed by atoms with E-state index in [4.69, 9.17) is 10.00 Å². The van der Waals surface area contributed by atoms with Crippen molar-refractivity contribution in [2.45, 2.75) is 71.1 Å². The summed E-state index contributed by atoms with van der Waals surface area (Å²) < 4.78 is 45.3. The van der Waals surface area contributed by atoms with Crippen molar-refractivity contribution in [1.82, 2.24) is 0 Å². The highest BCUT2D eigenvalue weighted by Gasteiger charge is 2.49. The molecule has 2 aliphatic rings. The molecule has 0 aromatic heterocycles. The molecule has 28 heavy (non-hydrogen) atoms. The van der Waals surface area contributed by atoms with Crippen molar-refractivity contribution < 1.29 is 22.7 Å². The zero-order valence-corrected chi connectivity index (χ0v) is 16.3. The number of benzene rings is 1. The fourth-order valence-electron chi connectivity index (χ4n) is 4.40. The summed E-state index contributed by atoms with van der Waals surface area (Å²) in [4.78, 5) is 12.9. The fourth-order valence-corrected chi connectivity index (χ4v) is 4.40. The first-order chi connectivity index (χ1) is 13.1. The van der Waals surface area contributed by atoms with Crippen molar-refractivity contribution in [2.24, 2.45) is 17.3 Å². The van der Waals surface area contributed by atoms with Crippen LogP contribution in [0.4, 0.5) is 13.2 Å². The number of hydrogen-bond acceptors (Lipinski definition) is 3. The number of alkyl halides is 3. The van der Waals surface area contributed by atoms with E-state index in [1.54, 1.807) is 6.07 Å². The van der Waals surface area contributed by atoms with Crippen LogP contribution >= 0.6 is 0 Å². The highest BCUT2D eigenvalue weighted by atomic mass is 19.4. The lowest BCUT2D eigenvalue weighted by Crippen LogP contribution is -2.35. The second-order valence-electron chi connectivity index (χ2n) is 8.83. The van der Waals surface area contributed by atoms with Crippen molar-refractivity contribution in [3.63, 3.8) is 0 Å². The van der Waals surface area contributed by atoms with Gasteiger partial charge in [0.2, 0.25) is 0 Å². The van der Waals surface area contributed by atoms with E-state index in [0.29, 0.717) is 6.42 Å². The number of carbonyl (C=O) groups excluding carboxylic acids is 1. The maximum Gasteiger partial charge on any atom is 0.417 e. The Kier molecular flexibility index (Phi) is 5.74. The molecule has 3 rings (SSSR count). The van der Waals surface area contributed by atoms with E-state index in [2.05, 4.69) is 0 Å². The lowest BCUT2D eigenvalue weighted by molar-refractivity contribution is -0.137. The Morgan fingerprint density at radius 1 is 1.25 bits per heavy atom. The van der Waals surface area contributed by atoms with Crippen molar-refractivity contribution in [2.75, 3.05) is 0 Å². The summed E-state index contributed by atoms with van der Waals surface area (Å²) in [6.07, 6.45) is 2.13. The first kappa shape index (κ1) is 20.7. The van der Waals surface area contributed by atoms with Gasteiger partial charge in [0.25, 0.3) is 0 Å². The molecule has 0 aliphatic heterocycles. The minimum absolute atomic E-state index is 0.0171. The molecule has 2 fully saturated rings. The van der Waals surface area contributed by atoms with Gasteiger partial charge in [-0.1, -0.05) is 46.0 Å². The van der Waals surface area contributed by atoms with Gasteiger partial charge >= 0.3 is 6.18 Å². The van der Waals surface area contributed by atoms with E-state index >= 15 is 0 Å². The molecule has 0 amide bonds. The number of carbonyl (C=O) groups is 1. The lowest BCUT2D eigenvalue weighted by Gasteiger charge is -2.26. The van der Waals surface area contributed by atoms with Gasteiger partial charge in [-0.3, -0.25) is 4.79 Å². The van der Waals surface area contributed by atoms with Crippen molar-refractivity contribution >= 4 is 5.78 Å². The fraction of sp³-hybridized carbons (Fsp3) is 0.636. The summed E-state index contributed by atoms with van der Waals surface area (Å²) in [5.41, 5.74) is -1.93. The molecule has 0 bridgehead atoms. The molecule has 2 unspecified atom stereocenters. The van der Waals surface area contributed by atoms with E-state index in [-0.39, 0.29) is 17.5 Å². The average molecular weight is 393 g/mol. The molecule has 0 saturated heterocycles. The van der Waals surface area contributed by atoms with Gasteiger partial charge in [-0.2, -0.15) is 18.4 Å². The van der Waals surface area contributed by atoms with E-state index in [9.17, 15) is 18.0 Å². The Hall–Kier alpha value is -2.03. The number of halogens is 3. The van der Waals surface area contributed by atoms with Crippen LogP contribution in [0.2, 0.25) is 0 Å². The minimum Gasteiger partial charge on any atom is -0.482 e. The largest absolute Gasteiger partial charge is 0.482 e. The van der Waals surface area contributed by atoms with E-state index < -0.39 is 28.8 Å². The molecule has 2 aliphatic carbocycles. The molecular weight excluding hydrogens is 367 g/mol. The Labute approximate surface area is 163 Å². The highest BCUT2D eigenvalue weighted by Crippen LogP contribution is 2.44. The van der Waals surface area contributed by atoms with Gasteiger partial charge in [0.1, 0.15) is 5.75 Å². The smallest absolute Gasteiger partial charge is 0.417 e. The van der Waals surface area contributed by atoms with Gasteiger partial charge in [-0.05, 0) is 37.0 Å². The molecule has 6 heteroatoms. The average Bonchev–Trinajstić information content (AvgIpc) is 2.79. The Balaban J connectivity index is 1.70. The van der Waals surface area contributed by atoms with E-state index in [0.717, 1.165) is 37.3 Å². The van der Waals surface area contributed by atoms with Crippen LogP contribution in [-0.2, 0) is 11.0 Å². The Morgan fingerprint density at radius 2 is 1.96 bits per heavy atom. The summed E-state index contributed by atoms with van der Waals surface area (Å²) in [5, 5.41) is 8.92. The van der Waals surface area contributed by atoms with Gasteiger partial charge in [-0.25, -0.2) is 0 Å². The summed E-state index contributed by atoms with van der Waals surface area (Å²) >= 11 is 0. The predicted octanol–water partition coefficient (Wildman–Crippen LogP) is 5.91. The van der Waals surface area contributed by atoms with Crippen LogP contribution < -0.4 is 4.74 Å². The molecule has 1 aromatic rings. The number of nitriles is 1. The maximum absolute atomic E-state index is 13.2. The quantitative estimate of drug-likeness (QED) is 0.604. The predicted molar refractivity (Wildman–Crippen MR) is 98.7 cm³/mol. The monoisotopic (exact) mass is 393 g/mol. The third kappa shape index (κ3) is 4.34. The number of hydrogen-bond donors (Lipinski definition) is 0. The SMILES string of the molecule is CC1(C)CC(CCCC2CCC2)C(=O)C1Oc1ccc(C#N)c(C(F)(F)F)c1. The molecule has 0 spiro atoms. The summed E-state index contributed by atoms with van der Waals surface area (Å²) in [7, 11) is 0. The van der Waals surface area contributed by atoms with E-state index in [1.165, 1.54) is 25.3 Å². The zero-order valence-electron chi connectivity index (χ0n) is 16.3. The third-order valence-corrected chi connectivity index (χ3v) is 6.20. The van der Waals surface area contributed by atoms with E-state index in [1.807, 2.05) is 13.8 Å². The Morgan fingerprint density at radius 3 is 2.54 bits per heavy atom. The van der Waals surface area contributed by atoms with Gasteiger partial charge in [0, 0.05) is 11.3 Å². The van der Waals surface area contributed by atoms with Crippen molar-refractivity contribution in [1.29, 1.82) is 5.26 Å². The standard InChI is InChI=1S/C22H26F3NO2/c1-21(2)12-15(8-4-7-14-5-3-6-14)19(27)20(21)28-17-10-9-16(13-26)18(11-17)22(23,24)25/h9-11,14-15,20H,3-8,12H2,1-2H3. The first-order valence-electron chi connectivity index (χ1n) is 9.93. The minimum atomic E-state index is -4.65. The van der Waals surface area contributed by atoms with Gasteiger partial charge in [-0.15, -0.1) is 0 Å². The molecule has 0 radical (unpaired) electrons. The number of nitrogens with zero attached hydrogens (tertiary/aromatic N) is 1. The second-order valence-corrected chi connectivity index (χ2v) is 8.83. The first-order valence-corrected chi connectivity index (χ1v) is 9.93. The zero-order chi connectivity index (χ0) is 20.5. The lowest BCUT2D eigenvalue weighted by atomic mass is 9.81. The molecular formula is C22H26F3NO2. The summed E-state index contributed by atoms with van der Waals surface area (Å²) in [6, 6.07) is 4.81. The third-order valence-electron chi connectivity index (χ3n) is 6.20. The van der Waals surface area contributed by atoms with Gasteiger partial charge < -0.3 is 4.74 Å². The second kappa shape index (κ2) is 7.77. The van der Waals surface area contributed by atoms with Crippen LogP contribution in [0.5, 0.6) is 5.75 Å². The van der Waals surface area contributed by atoms with Crippen LogP contribution in [-0.4, -0.2) is 11.9 Å². The van der Waals surface area contributed by atoms with Crippen LogP contribution in [0.3, 0.4) is 0 Å². The van der Waals surface area contributed by atoms with Crippen LogP contribution in [0, 0.1) is 28.6 Å². The normalized spacial score (nSPS) is 24.6. The van der Waals surface area contributed by atoms with Crippen molar-refractivity contribution in [3.8, 4) is 11.8 Å². The molecule has 2 atom stereocenters. The highest BCUT2D eigenvalue weighted by molar-refractivity contribution is 5.89. The molecule has 2 saturated carbocycles. The van der Waals surface area contributed by atoms with Crippen LogP contribution in [0.1, 0.15) is 69.9 Å². The molecule has 0 heterocycles. The molecule has 152 valence electrons. The number of rotatable bonds is 6. The summed E-state index contributed by atoms with van der Waals surface area (Å²) in [6.45, 7) is 3.85. The van der Waals surface area contributed by atoms with Crippen LogP contribution in [0.15, 0.2) is 18.2 Å². The van der Waals surface area contributed by atoms with Gasteiger partial charge in [0.15, 0.2) is 11.9 Å². The number of Topliss-reactive ketones (excluding diaryl/α,β-unsaturated/α-hetero) is 1. The molecule has 3 nitrogen and oxygen atoms in total. The number of ketones is 1. The van der Waals surface area contributed by atoms with Gasteiger partial charge in [0.05, 0.1) is 17.2 Å². The molecule has 1 aromatic carbocycles. The molecule has 0 N–H and O–H groups in total.